The van der Waals surface area contributed by atoms with Gasteiger partial charge in [-0.25, -0.2) is 14.4 Å². The van der Waals surface area contributed by atoms with Crippen LogP contribution in [0.4, 0.5) is 22.0 Å². The number of nitrogens with one attached hydrogen (secondary N) is 2. The maximum atomic E-state index is 14.4. The molecule has 0 unspecified atom stereocenters. The number of aromatic nitrogens is 4. The van der Waals surface area contributed by atoms with Gasteiger partial charge in [0.25, 0.3) is 0 Å². The third-order valence-corrected chi connectivity index (χ3v) is 6.86. The highest BCUT2D eigenvalue weighted by molar-refractivity contribution is 5.77. The van der Waals surface area contributed by atoms with Crippen molar-refractivity contribution < 1.29 is 14.3 Å². The molecule has 2 fully saturated rings. The number of likely N-dealkylation sites (tertiary alicyclic amines) is 1. The summed E-state index contributed by atoms with van der Waals surface area (Å²) in [4.78, 5) is 27.6. The van der Waals surface area contributed by atoms with Gasteiger partial charge < -0.3 is 20.6 Å². The van der Waals surface area contributed by atoms with Gasteiger partial charge in [0.15, 0.2) is 5.65 Å². The van der Waals surface area contributed by atoms with Crippen LogP contribution in [0.5, 0.6) is 0 Å². The van der Waals surface area contributed by atoms with Crippen LogP contribution in [0.2, 0.25) is 0 Å². The number of halogens is 1. The average Bonchev–Trinajstić information content (AvgIpc) is 3.19. The molecule has 0 radical (unpaired) electrons. The second-order valence-electron chi connectivity index (χ2n) is 9.20. The van der Waals surface area contributed by atoms with Gasteiger partial charge in [0.1, 0.15) is 11.3 Å². The number of para-hydroxylation sites is 1. The highest BCUT2D eigenvalue weighted by Gasteiger charge is 2.27. The number of imidazole rings is 1. The second kappa shape index (κ2) is 10.6. The van der Waals surface area contributed by atoms with Gasteiger partial charge >= 0.3 is 0 Å². The zero-order chi connectivity index (χ0) is 23.7. The van der Waals surface area contributed by atoms with Crippen LogP contribution in [0.15, 0.2) is 30.5 Å². The zero-order valence-corrected chi connectivity index (χ0v) is 19.2. The third-order valence-electron chi connectivity index (χ3n) is 6.86. The lowest BCUT2D eigenvalue weighted by atomic mass is 9.93. The molecular weight excluding hydrogens is 449 g/mol. The number of nitrogens with zero attached hydrogens (tertiary/aromatic N) is 5. The lowest BCUT2D eigenvalue weighted by Crippen LogP contribution is -2.37. The van der Waals surface area contributed by atoms with Crippen molar-refractivity contribution in [3.8, 4) is 0 Å². The van der Waals surface area contributed by atoms with Crippen LogP contribution in [0.3, 0.4) is 0 Å². The van der Waals surface area contributed by atoms with Crippen LogP contribution in [0, 0.1) is 5.82 Å². The topological polar surface area (TPSA) is 108 Å². The summed E-state index contributed by atoms with van der Waals surface area (Å²) in [5, 5.41) is 16.3. The molecule has 0 spiro atoms. The van der Waals surface area contributed by atoms with Crippen molar-refractivity contribution in [1.82, 2.24) is 24.4 Å². The number of carbonyl (C=O) groups excluding carboxylic acids is 1. The van der Waals surface area contributed by atoms with E-state index in [0.29, 0.717) is 41.8 Å². The van der Waals surface area contributed by atoms with Gasteiger partial charge in [-0.05, 0) is 50.7 Å². The molecule has 9 nitrogen and oxygen atoms in total. The number of piperidine rings is 1. The third kappa shape index (κ3) is 5.37. The van der Waals surface area contributed by atoms with Crippen LogP contribution in [0.1, 0.15) is 58.9 Å². The van der Waals surface area contributed by atoms with Crippen molar-refractivity contribution in [1.29, 1.82) is 0 Å². The molecule has 10 heteroatoms. The van der Waals surface area contributed by atoms with E-state index in [1.54, 1.807) is 31.3 Å². The Morgan fingerprint density at radius 2 is 1.80 bits per heavy atom. The molecule has 3 aromatic rings. The highest BCUT2D eigenvalue weighted by atomic mass is 19.1. The molecule has 1 amide bonds. The maximum absolute atomic E-state index is 14.4. The van der Waals surface area contributed by atoms with E-state index in [9.17, 15) is 14.3 Å². The Hall–Kier alpha value is -3.27. The normalized spacial score (nSPS) is 20.9. The van der Waals surface area contributed by atoms with Crippen molar-refractivity contribution in [2.24, 2.45) is 0 Å². The first-order chi connectivity index (χ1) is 16.5. The van der Waals surface area contributed by atoms with Crippen LogP contribution in [0.25, 0.3) is 11.2 Å². The number of aliphatic hydroxyl groups is 1. The molecule has 0 atom stereocenters. The summed E-state index contributed by atoms with van der Waals surface area (Å²) in [5.74, 6) is 0.743. The maximum Gasteiger partial charge on any atom is 0.224 e. The lowest BCUT2D eigenvalue weighted by Gasteiger charge is -2.32. The van der Waals surface area contributed by atoms with E-state index < -0.39 is 0 Å². The Morgan fingerprint density at radius 3 is 2.49 bits per heavy atom. The molecule has 3 N–H and O–H groups in total. The Kier molecular flexibility index (Phi) is 7.49. The fourth-order valence-corrected chi connectivity index (χ4v) is 4.92. The largest absolute Gasteiger partial charge is 0.393 e. The summed E-state index contributed by atoms with van der Waals surface area (Å²) >= 11 is 0. The Balaban J connectivity index is 0.00000289. The van der Waals surface area contributed by atoms with Crippen molar-refractivity contribution >= 4 is 34.7 Å². The Morgan fingerprint density at radius 1 is 1.09 bits per heavy atom. The van der Waals surface area contributed by atoms with Crippen LogP contribution < -0.4 is 10.6 Å². The van der Waals surface area contributed by atoms with E-state index in [2.05, 4.69) is 15.6 Å². The molecule has 1 aromatic carbocycles. The van der Waals surface area contributed by atoms with Crippen LogP contribution >= 0.6 is 0 Å². The molecule has 5 rings (SSSR count). The molecule has 1 aliphatic carbocycles. The first-order valence-corrected chi connectivity index (χ1v) is 11.9. The van der Waals surface area contributed by atoms with Crippen LogP contribution in [-0.2, 0) is 4.79 Å². The molecule has 1 saturated carbocycles. The standard InChI is InChI=1S/C24H30FN7O2.CH4/c1-15(33)31-12-10-17(11-13-31)32-22-21(29-24(32)28-20-5-3-2-4-19(20)25)14-26-23(30-22)27-16-6-8-18(34)9-7-16;/h2-5,14,16-18,34H,6-13H2,1H3,(H,28,29)(H,26,27,30);1H4. The number of hydrogen-bond acceptors (Lipinski definition) is 7. The second-order valence-corrected chi connectivity index (χ2v) is 9.20. The lowest BCUT2D eigenvalue weighted by molar-refractivity contribution is -0.130. The first kappa shape index (κ1) is 24.8. The van der Waals surface area contributed by atoms with Gasteiger partial charge in [-0.2, -0.15) is 4.98 Å². The summed E-state index contributed by atoms with van der Waals surface area (Å²) in [7, 11) is 0. The molecule has 35 heavy (non-hydrogen) atoms. The smallest absolute Gasteiger partial charge is 0.224 e. The van der Waals surface area contributed by atoms with Gasteiger partial charge in [-0.1, -0.05) is 19.6 Å². The molecule has 3 heterocycles. The number of benzene rings is 1. The van der Waals surface area contributed by atoms with Gasteiger partial charge in [-0.3, -0.25) is 9.36 Å². The van der Waals surface area contributed by atoms with Gasteiger partial charge in [0.05, 0.1) is 18.0 Å². The minimum atomic E-state index is -0.361. The summed E-state index contributed by atoms with van der Waals surface area (Å²) in [5.41, 5.74) is 1.64. The number of fused-ring (bicyclic) bond motifs is 1. The Labute approximate surface area is 204 Å². The van der Waals surface area contributed by atoms with Crippen molar-refractivity contribution in [2.75, 3.05) is 23.7 Å². The minimum Gasteiger partial charge on any atom is -0.393 e. The number of aliphatic hydroxyl groups excluding tert-OH is 1. The quantitative estimate of drug-likeness (QED) is 0.498. The number of anilines is 3. The highest BCUT2D eigenvalue weighted by Crippen LogP contribution is 2.32. The molecule has 1 saturated heterocycles. The SMILES string of the molecule is C.CC(=O)N1CCC(n2c(Nc3ccccc3F)nc3cnc(NC4CCC(O)CC4)nc32)CC1. The van der Waals surface area contributed by atoms with E-state index in [4.69, 9.17) is 9.97 Å². The molecule has 1 aliphatic heterocycles. The minimum absolute atomic E-state index is 0. The summed E-state index contributed by atoms with van der Waals surface area (Å²) in [6.45, 7) is 2.90. The molecular formula is C25H34FN7O2. The molecule has 2 aliphatic rings. The summed E-state index contributed by atoms with van der Waals surface area (Å²) in [6.07, 6.45) is 6.24. The number of rotatable bonds is 5. The number of carbonyl (C=O) groups is 1. The van der Waals surface area contributed by atoms with Crippen LogP contribution in [-0.4, -0.2) is 60.7 Å². The van der Waals surface area contributed by atoms with E-state index in [-0.39, 0.29) is 37.3 Å². The average molecular weight is 484 g/mol. The Bertz CT molecular complexity index is 1170. The predicted octanol–water partition coefficient (Wildman–Crippen LogP) is 4.24. The molecule has 188 valence electrons. The van der Waals surface area contributed by atoms with Crippen molar-refractivity contribution in [2.45, 2.75) is 71.1 Å². The van der Waals surface area contributed by atoms with Gasteiger partial charge in [0.2, 0.25) is 17.8 Å². The predicted molar refractivity (Wildman–Crippen MR) is 134 cm³/mol. The number of hydrogen-bond donors (Lipinski definition) is 3. The van der Waals surface area contributed by atoms with Crippen molar-refractivity contribution in [3.63, 3.8) is 0 Å². The van der Waals surface area contributed by atoms with E-state index in [0.717, 1.165) is 38.5 Å². The van der Waals surface area contributed by atoms with E-state index in [1.165, 1.54) is 6.07 Å². The monoisotopic (exact) mass is 483 g/mol. The van der Waals surface area contributed by atoms with E-state index >= 15 is 0 Å². The van der Waals surface area contributed by atoms with E-state index in [1.807, 2.05) is 9.47 Å². The van der Waals surface area contributed by atoms with Crippen molar-refractivity contribution in [3.05, 3.63) is 36.3 Å². The van der Waals surface area contributed by atoms with Gasteiger partial charge in [0, 0.05) is 32.1 Å². The first-order valence-electron chi connectivity index (χ1n) is 11.9. The zero-order valence-electron chi connectivity index (χ0n) is 19.2. The molecule has 0 bridgehead atoms. The number of amides is 1. The summed E-state index contributed by atoms with van der Waals surface area (Å²) < 4.78 is 16.4. The fraction of sp³-hybridized carbons (Fsp3) is 0.520. The molecule has 2 aromatic heterocycles. The van der Waals surface area contributed by atoms with Gasteiger partial charge in [-0.15, -0.1) is 0 Å². The fourth-order valence-electron chi connectivity index (χ4n) is 4.92. The summed E-state index contributed by atoms with van der Waals surface area (Å²) in [6, 6.07) is 6.77.